The van der Waals surface area contributed by atoms with Crippen LogP contribution in [0.5, 0.6) is 0 Å². The molecule has 56 heavy (non-hydrogen) atoms. The summed E-state index contributed by atoms with van der Waals surface area (Å²) in [5, 5.41) is 6.88. The van der Waals surface area contributed by atoms with Gasteiger partial charge in [0, 0.05) is 80.3 Å². The van der Waals surface area contributed by atoms with Gasteiger partial charge in [0.15, 0.2) is 11.9 Å². The molecule has 1 unspecified atom stereocenters. The van der Waals surface area contributed by atoms with Crippen molar-refractivity contribution in [1.29, 1.82) is 0 Å². The van der Waals surface area contributed by atoms with Gasteiger partial charge in [0.2, 0.25) is 0 Å². The Balaban J connectivity index is 1.00. The van der Waals surface area contributed by atoms with Gasteiger partial charge in [-0.2, -0.15) is 5.10 Å². The summed E-state index contributed by atoms with van der Waals surface area (Å²) in [4.78, 5) is 39.3. The Bertz CT molecular complexity index is 2370. The van der Waals surface area contributed by atoms with Crippen molar-refractivity contribution in [2.45, 2.75) is 64.6 Å². The van der Waals surface area contributed by atoms with Crippen LogP contribution >= 0.6 is 10.0 Å². The van der Waals surface area contributed by atoms with Gasteiger partial charge in [-0.3, -0.25) is 9.69 Å². The largest absolute Gasteiger partial charge is 0.438 e. The van der Waals surface area contributed by atoms with Crippen molar-refractivity contribution in [2.75, 3.05) is 50.8 Å². The number of aromatic amines is 1. The van der Waals surface area contributed by atoms with Gasteiger partial charge in [0.25, 0.3) is 5.56 Å². The Kier molecular flexibility index (Phi) is 11.0. The molecule has 0 radical (unpaired) electrons. The van der Waals surface area contributed by atoms with Crippen molar-refractivity contribution in [1.82, 2.24) is 34.1 Å². The molecule has 294 valence electrons. The molecule has 0 bridgehead atoms. The lowest BCUT2D eigenvalue weighted by molar-refractivity contribution is 0.0495. The highest BCUT2D eigenvalue weighted by molar-refractivity contribution is 8.32. The van der Waals surface area contributed by atoms with Gasteiger partial charge in [-0.25, -0.2) is 24.5 Å². The number of ether oxygens (including phenoxy) is 2. The second-order valence-electron chi connectivity index (χ2n) is 16.3. The highest BCUT2D eigenvalue weighted by Gasteiger charge is 2.32. The van der Waals surface area contributed by atoms with Gasteiger partial charge in [-0.15, -0.1) is 0 Å². The highest BCUT2D eigenvalue weighted by atomic mass is 32.3. The van der Waals surface area contributed by atoms with Crippen molar-refractivity contribution in [3.05, 3.63) is 129 Å². The van der Waals surface area contributed by atoms with Crippen molar-refractivity contribution >= 4 is 37.9 Å². The molecule has 3 aromatic heterocycles. The van der Waals surface area contributed by atoms with E-state index in [1.165, 1.54) is 5.56 Å². The van der Waals surface area contributed by atoms with Crippen molar-refractivity contribution < 1.29 is 14.3 Å². The fraction of sp³-hybridized carbons (Fsp3) is 0.409. The standard InChI is InChI=1S/C44H53N7O4S/c1-31-22-33(23-36-28-50(47-41(31)36)30-54-20-21-56(2,3)4)24-40(42-45-26-37-29-48(18-19-51(37)42)27-32-10-6-5-7-11-32)55-44(53)49-16-14-34(15-17-49)38-25-35-12-8-9-13-39(35)46-43(38)52/h5-13,22-23,25-26,28,34,40H,14-21,24,27,29-30H2,1-4H3,(H,46,52). The Morgan fingerprint density at radius 3 is 2.54 bits per heavy atom. The molecule has 1 saturated heterocycles. The number of fused-ring (bicyclic) bond motifs is 3. The molecular weight excluding hydrogens is 723 g/mol. The van der Waals surface area contributed by atoms with E-state index < -0.39 is 16.1 Å². The van der Waals surface area contributed by atoms with Gasteiger partial charge in [-0.1, -0.05) is 54.6 Å². The summed E-state index contributed by atoms with van der Waals surface area (Å²) in [5.74, 6) is 1.90. The van der Waals surface area contributed by atoms with Gasteiger partial charge >= 0.3 is 6.09 Å². The summed E-state index contributed by atoms with van der Waals surface area (Å²) in [6.07, 6.45) is 11.8. The van der Waals surface area contributed by atoms with Crippen LogP contribution in [0.25, 0.3) is 21.8 Å². The van der Waals surface area contributed by atoms with E-state index in [9.17, 15) is 9.59 Å². The molecular formula is C44H53N7O4S. The number of likely N-dealkylation sites (tertiary alicyclic amines) is 1. The maximum atomic E-state index is 14.0. The van der Waals surface area contributed by atoms with Crippen LogP contribution in [0.1, 0.15) is 58.6 Å². The van der Waals surface area contributed by atoms with Crippen LogP contribution in [-0.2, 0) is 42.3 Å². The molecule has 1 fully saturated rings. The van der Waals surface area contributed by atoms with E-state index in [1.807, 2.05) is 53.5 Å². The molecule has 1 atom stereocenters. The average Bonchev–Trinajstić information content (AvgIpc) is 3.80. The molecule has 5 heterocycles. The average molecular weight is 776 g/mol. The number of imidazole rings is 1. The third-order valence-corrected chi connectivity index (χ3v) is 12.5. The van der Waals surface area contributed by atoms with E-state index >= 15 is 0 Å². The molecule has 0 saturated carbocycles. The number of para-hydroxylation sites is 1. The number of aromatic nitrogens is 5. The normalized spacial score (nSPS) is 16.3. The minimum absolute atomic E-state index is 0.0528. The monoisotopic (exact) mass is 775 g/mol. The predicted molar refractivity (Wildman–Crippen MR) is 224 cm³/mol. The summed E-state index contributed by atoms with van der Waals surface area (Å²) >= 11 is 0. The summed E-state index contributed by atoms with van der Waals surface area (Å²) in [6.45, 7) is 7.51. The van der Waals surface area contributed by atoms with E-state index in [2.05, 4.69) is 76.5 Å². The maximum absolute atomic E-state index is 14.0. The molecule has 12 heteroatoms. The molecule has 11 nitrogen and oxygen atoms in total. The number of pyridine rings is 1. The third-order valence-electron chi connectivity index (χ3n) is 11.1. The Hall–Kier alpha value is -4.91. The zero-order chi connectivity index (χ0) is 38.8. The van der Waals surface area contributed by atoms with E-state index in [1.54, 1.807) is 4.90 Å². The first-order valence-electron chi connectivity index (χ1n) is 19.6. The lowest BCUT2D eigenvalue weighted by Gasteiger charge is -2.33. The van der Waals surface area contributed by atoms with E-state index in [0.717, 1.165) is 81.9 Å². The molecule has 1 N–H and O–H groups in total. The number of benzene rings is 3. The van der Waals surface area contributed by atoms with Gasteiger partial charge in [-0.05, 0) is 84.7 Å². The van der Waals surface area contributed by atoms with Crippen LogP contribution in [0, 0.1) is 6.92 Å². The molecule has 2 aliphatic heterocycles. The molecule has 2 aliphatic rings. The number of piperidine rings is 1. The minimum Gasteiger partial charge on any atom is -0.438 e. The molecule has 0 spiro atoms. The number of nitrogens with zero attached hydrogens (tertiary/aromatic N) is 6. The van der Waals surface area contributed by atoms with Gasteiger partial charge in [0.05, 0.1) is 17.8 Å². The Morgan fingerprint density at radius 1 is 0.946 bits per heavy atom. The number of rotatable bonds is 12. The van der Waals surface area contributed by atoms with Crippen LogP contribution in [0.3, 0.4) is 0 Å². The van der Waals surface area contributed by atoms with Crippen LogP contribution in [0.2, 0.25) is 0 Å². The molecule has 6 aromatic rings. The molecule has 1 amide bonds. The van der Waals surface area contributed by atoms with Crippen molar-refractivity contribution in [3.63, 3.8) is 0 Å². The smallest absolute Gasteiger partial charge is 0.410 e. The van der Waals surface area contributed by atoms with Crippen LogP contribution in [0.4, 0.5) is 4.79 Å². The lowest BCUT2D eigenvalue weighted by Crippen LogP contribution is -2.40. The van der Waals surface area contributed by atoms with Crippen molar-refractivity contribution in [3.8, 4) is 0 Å². The van der Waals surface area contributed by atoms with E-state index in [4.69, 9.17) is 19.6 Å². The first-order valence-corrected chi connectivity index (χ1v) is 22.7. The fourth-order valence-corrected chi connectivity index (χ4v) is 8.74. The third kappa shape index (κ3) is 8.72. The number of aryl methyl sites for hydroxylation is 1. The van der Waals surface area contributed by atoms with Gasteiger partial charge in [0.1, 0.15) is 6.73 Å². The Labute approximate surface area is 329 Å². The zero-order valence-electron chi connectivity index (χ0n) is 32.9. The zero-order valence-corrected chi connectivity index (χ0v) is 33.8. The summed E-state index contributed by atoms with van der Waals surface area (Å²) in [7, 11) is -0.621. The quantitative estimate of drug-likeness (QED) is 0.129. The number of carbonyl (C=O) groups excluding carboxylic acids is 1. The number of hydrogen-bond acceptors (Lipinski definition) is 7. The van der Waals surface area contributed by atoms with Gasteiger partial charge < -0.3 is 23.9 Å². The second-order valence-corrected chi connectivity index (χ2v) is 20.9. The Morgan fingerprint density at radius 2 is 1.73 bits per heavy atom. The summed E-state index contributed by atoms with van der Waals surface area (Å²) in [5.41, 5.74) is 7.03. The predicted octanol–water partition coefficient (Wildman–Crippen LogP) is 7.37. The van der Waals surface area contributed by atoms with E-state index in [0.29, 0.717) is 45.7 Å². The highest BCUT2D eigenvalue weighted by Crippen LogP contribution is 2.34. The topological polar surface area (TPSA) is 111 Å². The molecule has 0 aliphatic carbocycles. The molecule has 8 rings (SSSR count). The summed E-state index contributed by atoms with van der Waals surface area (Å²) < 4.78 is 16.6. The van der Waals surface area contributed by atoms with Crippen LogP contribution < -0.4 is 5.56 Å². The SMILES string of the molecule is Cc1cc(CC(OC(=O)N2CCC(c3cc4ccccc4[nH]c3=O)CC2)c2ncc3n2CCN(Cc2ccccc2)C3)cc2cn(COCCS(C)(C)C)nc12. The molecule has 3 aromatic carbocycles. The summed E-state index contributed by atoms with van der Waals surface area (Å²) in [6, 6.07) is 24.7. The van der Waals surface area contributed by atoms with E-state index in [-0.39, 0.29) is 17.6 Å². The number of carbonyl (C=O) groups is 1. The fourth-order valence-electron chi connectivity index (χ4n) is 8.12. The van der Waals surface area contributed by atoms with Crippen molar-refractivity contribution in [2.24, 2.45) is 0 Å². The second kappa shape index (κ2) is 16.3. The minimum atomic E-state index is -0.621. The maximum Gasteiger partial charge on any atom is 0.410 e. The number of hydrogen-bond donors (Lipinski definition) is 1. The first kappa shape index (κ1) is 38.0. The van der Waals surface area contributed by atoms with Crippen LogP contribution in [-0.4, -0.2) is 91.0 Å². The number of amides is 1. The number of nitrogens with one attached hydrogen (secondary N) is 1. The lowest BCUT2D eigenvalue weighted by atomic mass is 9.89. The van der Waals surface area contributed by atoms with Crippen LogP contribution in [0.15, 0.2) is 90.0 Å². The number of H-pyrrole nitrogens is 1. The first-order chi connectivity index (χ1) is 27.1.